The van der Waals surface area contributed by atoms with Crippen molar-refractivity contribution in [3.05, 3.63) is 23.9 Å². The predicted octanol–water partition coefficient (Wildman–Crippen LogP) is 2.23. The van der Waals surface area contributed by atoms with Gasteiger partial charge in [-0.1, -0.05) is 13.0 Å². The summed E-state index contributed by atoms with van der Waals surface area (Å²) in [4.78, 5) is 20.3. The molecule has 1 aromatic heterocycles. The number of rotatable bonds is 5. The Morgan fingerprint density at radius 2 is 2.08 bits per heavy atom. The number of likely N-dealkylation sites (N-methyl/N-ethyl adjacent to an activating group) is 1. The number of pyridine rings is 1. The lowest BCUT2D eigenvalue weighted by Crippen LogP contribution is -2.44. The van der Waals surface area contributed by atoms with Crippen molar-refractivity contribution < 1.29 is 9.90 Å². The third kappa shape index (κ3) is 5.67. The Morgan fingerprint density at radius 3 is 2.62 bits per heavy atom. The summed E-state index contributed by atoms with van der Waals surface area (Å²) in [5, 5.41) is 12.6. The number of aliphatic hydroxyl groups is 1. The number of carbonyl (C=O) groups is 1. The van der Waals surface area contributed by atoms with E-state index < -0.39 is 5.60 Å². The van der Waals surface area contributed by atoms with Crippen molar-refractivity contribution >= 4 is 11.8 Å². The minimum atomic E-state index is -0.902. The smallest absolute Gasteiger partial charge is 0.317 e. The average Bonchev–Trinajstić information content (AvgIpc) is 2.52. The molecule has 1 aliphatic rings. The first kappa shape index (κ1) is 18.5. The summed E-state index contributed by atoms with van der Waals surface area (Å²) in [6, 6.07) is 3.83. The zero-order valence-corrected chi connectivity index (χ0v) is 15.2. The van der Waals surface area contributed by atoms with Gasteiger partial charge in [0.1, 0.15) is 5.82 Å². The van der Waals surface area contributed by atoms with E-state index in [0.717, 1.165) is 30.4 Å². The number of hydrogen-bond donors (Lipinski definition) is 2. The van der Waals surface area contributed by atoms with E-state index in [2.05, 4.69) is 22.1 Å². The molecule has 2 heterocycles. The average molecular weight is 334 g/mol. The number of anilines is 1. The Morgan fingerprint density at radius 1 is 1.42 bits per heavy atom. The van der Waals surface area contributed by atoms with Crippen molar-refractivity contribution in [1.29, 1.82) is 0 Å². The quantitative estimate of drug-likeness (QED) is 0.866. The Labute approximate surface area is 144 Å². The van der Waals surface area contributed by atoms with Gasteiger partial charge in [0.25, 0.3) is 0 Å². The zero-order valence-electron chi connectivity index (χ0n) is 15.2. The first-order valence-electron chi connectivity index (χ1n) is 8.66. The van der Waals surface area contributed by atoms with Gasteiger partial charge in [0.2, 0.25) is 0 Å². The summed E-state index contributed by atoms with van der Waals surface area (Å²) in [5.41, 5.74) is 0.0652. The van der Waals surface area contributed by atoms with E-state index in [1.165, 1.54) is 17.7 Å². The van der Waals surface area contributed by atoms with Crippen LogP contribution in [0, 0.1) is 5.92 Å². The molecule has 2 N–H and O–H groups in total. The highest BCUT2D eigenvalue weighted by molar-refractivity contribution is 5.73. The fraction of sp³-hybridized carbons (Fsp3) is 0.667. The molecule has 1 saturated heterocycles. The van der Waals surface area contributed by atoms with Gasteiger partial charge in [-0.15, -0.1) is 0 Å². The van der Waals surface area contributed by atoms with E-state index in [-0.39, 0.29) is 12.6 Å². The van der Waals surface area contributed by atoms with E-state index in [4.69, 9.17) is 0 Å². The molecule has 0 aromatic carbocycles. The number of hydrogen-bond acceptors (Lipinski definition) is 4. The molecular weight excluding hydrogens is 304 g/mol. The van der Waals surface area contributed by atoms with E-state index in [9.17, 15) is 9.90 Å². The highest BCUT2D eigenvalue weighted by Gasteiger charge is 2.19. The molecule has 0 saturated carbocycles. The number of piperidine rings is 1. The molecule has 0 aliphatic carbocycles. The van der Waals surface area contributed by atoms with Crippen LogP contribution >= 0.6 is 0 Å². The maximum atomic E-state index is 12.0. The predicted molar refractivity (Wildman–Crippen MR) is 96.0 cm³/mol. The lowest BCUT2D eigenvalue weighted by atomic mass is 9.99. The van der Waals surface area contributed by atoms with Gasteiger partial charge in [0.15, 0.2) is 0 Å². The monoisotopic (exact) mass is 334 g/mol. The first-order chi connectivity index (χ1) is 11.2. The van der Waals surface area contributed by atoms with Gasteiger partial charge >= 0.3 is 6.03 Å². The number of carbonyl (C=O) groups excluding carboxylic acids is 1. The Bertz CT molecular complexity index is 531. The van der Waals surface area contributed by atoms with Crippen molar-refractivity contribution in [1.82, 2.24) is 15.2 Å². The van der Waals surface area contributed by atoms with E-state index in [1.54, 1.807) is 20.9 Å². The summed E-state index contributed by atoms with van der Waals surface area (Å²) >= 11 is 0. The van der Waals surface area contributed by atoms with Crippen molar-refractivity contribution in [2.24, 2.45) is 5.92 Å². The van der Waals surface area contributed by atoms with Crippen molar-refractivity contribution in [2.45, 2.75) is 45.8 Å². The lowest BCUT2D eigenvalue weighted by Gasteiger charge is -2.31. The number of nitrogens with one attached hydrogen (secondary N) is 1. The van der Waals surface area contributed by atoms with Crippen LogP contribution in [0.4, 0.5) is 10.6 Å². The van der Waals surface area contributed by atoms with Crippen molar-refractivity contribution in [3.8, 4) is 0 Å². The van der Waals surface area contributed by atoms with Gasteiger partial charge in [-0.25, -0.2) is 9.78 Å². The molecule has 0 atom stereocenters. The molecular formula is C18H30N4O2. The molecule has 1 fully saturated rings. The topological polar surface area (TPSA) is 68.7 Å². The van der Waals surface area contributed by atoms with Crippen LogP contribution in [0.15, 0.2) is 18.3 Å². The van der Waals surface area contributed by atoms with Crippen LogP contribution in [0.25, 0.3) is 0 Å². The van der Waals surface area contributed by atoms with E-state index in [0.29, 0.717) is 6.54 Å². The number of nitrogens with zero attached hydrogens (tertiary/aromatic N) is 3. The second-order valence-electron chi connectivity index (χ2n) is 7.52. The highest BCUT2D eigenvalue weighted by atomic mass is 16.3. The van der Waals surface area contributed by atoms with Gasteiger partial charge < -0.3 is 20.2 Å². The summed E-state index contributed by atoms with van der Waals surface area (Å²) in [5.74, 6) is 1.81. The number of urea groups is 1. The number of amides is 2. The standard InChI is InChI=1S/C18H30N4O2/c1-14-7-9-22(10-8-14)16-6-5-15(11-19-16)12-20-17(23)21(4)13-18(2,3)24/h5-6,11,14,24H,7-10,12-13H2,1-4H3,(H,20,23). The number of aromatic nitrogens is 1. The Balaban J connectivity index is 1.82. The van der Waals surface area contributed by atoms with Gasteiger partial charge in [0, 0.05) is 32.9 Å². The fourth-order valence-corrected chi connectivity index (χ4v) is 2.91. The fourth-order valence-electron chi connectivity index (χ4n) is 2.91. The lowest BCUT2D eigenvalue weighted by molar-refractivity contribution is 0.0531. The molecule has 2 rings (SSSR count). The van der Waals surface area contributed by atoms with Crippen LogP contribution in [0.5, 0.6) is 0 Å². The molecule has 6 nitrogen and oxygen atoms in total. The molecule has 2 amide bonds. The Hall–Kier alpha value is -1.82. The van der Waals surface area contributed by atoms with Crippen molar-refractivity contribution in [3.63, 3.8) is 0 Å². The van der Waals surface area contributed by atoms with E-state index in [1.807, 2.05) is 18.3 Å². The van der Waals surface area contributed by atoms with Crippen LogP contribution < -0.4 is 10.2 Å². The minimum Gasteiger partial charge on any atom is -0.389 e. The molecule has 134 valence electrons. The van der Waals surface area contributed by atoms with Crippen LogP contribution in [-0.4, -0.2) is 53.3 Å². The second kappa shape index (κ2) is 7.83. The van der Waals surface area contributed by atoms with Gasteiger partial charge in [-0.3, -0.25) is 0 Å². The zero-order chi connectivity index (χ0) is 17.7. The highest BCUT2D eigenvalue weighted by Crippen LogP contribution is 2.21. The third-order valence-electron chi connectivity index (χ3n) is 4.33. The van der Waals surface area contributed by atoms with Crippen LogP contribution in [0.3, 0.4) is 0 Å². The molecule has 1 aromatic rings. The molecule has 0 unspecified atom stereocenters. The first-order valence-corrected chi connectivity index (χ1v) is 8.66. The molecule has 0 spiro atoms. The minimum absolute atomic E-state index is 0.203. The van der Waals surface area contributed by atoms with E-state index >= 15 is 0 Å². The molecule has 24 heavy (non-hydrogen) atoms. The maximum absolute atomic E-state index is 12.0. The molecule has 6 heteroatoms. The normalized spacial score (nSPS) is 16.1. The Kier molecular flexibility index (Phi) is 6.04. The summed E-state index contributed by atoms with van der Waals surface area (Å²) in [6.07, 6.45) is 4.25. The van der Waals surface area contributed by atoms with Crippen LogP contribution in [-0.2, 0) is 6.54 Å². The van der Waals surface area contributed by atoms with Gasteiger partial charge in [-0.05, 0) is 44.2 Å². The third-order valence-corrected chi connectivity index (χ3v) is 4.33. The SMILES string of the molecule is CC1CCN(c2ccc(CNC(=O)N(C)CC(C)(C)O)cn2)CC1. The van der Waals surface area contributed by atoms with Gasteiger partial charge in [0.05, 0.1) is 12.1 Å². The summed E-state index contributed by atoms with van der Waals surface area (Å²) in [6.45, 7) is 8.49. The second-order valence-corrected chi connectivity index (χ2v) is 7.52. The molecule has 0 bridgehead atoms. The molecule has 1 aliphatic heterocycles. The van der Waals surface area contributed by atoms with Crippen LogP contribution in [0.2, 0.25) is 0 Å². The van der Waals surface area contributed by atoms with Crippen molar-refractivity contribution in [2.75, 3.05) is 31.6 Å². The maximum Gasteiger partial charge on any atom is 0.317 e. The summed E-state index contributed by atoms with van der Waals surface area (Å²) in [7, 11) is 1.67. The molecule has 0 radical (unpaired) electrons. The largest absolute Gasteiger partial charge is 0.389 e. The van der Waals surface area contributed by atoms with Gasteiger partial charge in [-0.2, -0.15) is 0 Å². The van der Waals surface area contributed by atoms with Crippen LogP contribution in [0.1, 0.15) is 39.2 Å². The summed E-state index contributed by atoms with van der Waals surface area (Å²) < 4.78 is 0.